The maximum atomic E-state index is 5.96. The molecule has 0 aliphatic carbocycles. The van der Waals surface area contributed by atoms with Gasteiger partial charge in [-0.3, -0.25) is 0 Å². The molecule has 0 spiro atoms. The lowest BCUT2D eigenvalue weighted by molar-refractivity contribution is 0.262. The van der Waals surface area contributed by atoms with E-state index in [9.17, 15) is 0 Å². The Labute approximate surface area is 122 Å². The largest absolute Gasteiger partial charge is 0.476 e. The van der Waals surface area contributed by atoms with Crippen LogP contribution in [0.1, 0.15) is 40.5 Å². The minimum absolute atomic E-state index is 0.466. The third kappa shape index (κ3) is 3.35. The first-order valence-corrected chi connectivity index (χ1v) is 7.65. The number of rotatable bonds is 4. The molecule has 0 aromatic carbocycles. The fourth-order valence-electron chi connectivity index (χ4n) is 2.62. The molecule has 112 valence electrons. The Morgan fingerprint density at radius 3 is 2.85 bits per heavy atom. The van der Waals surface area contributed by atoms with Crippen molar-refractivity contribution in [2.45, 2.75) is 46.6 Å². The first-order chi connectivity index (χ1) is 9.49. The van der Waals surface area contributed by atoms with Crippen LogP contribution in [0, 0.1) is 11.8 Å². The zero-order chi connectivity index (χ0) is 14.7. The molecule has 1 aromatic heterocycles. The Bertz CT molecular complexity index is 447. The van der Waals surface area contributed by atoms with Crippen LogP contribution in [0.3, 0.4) is 0 Å². The minimum Gasteiger partial charge on any atom is -0.476 e. The second kappa shape index (κ2) is 6.33. The van der Waals surface area contributed by atoms with E-state index in [1.54, 1.807) is 0 Å². The first-order valence-electron chi connectivity index (χ1n) is 7.65. The third-order valence-electron chi connectivity index (χ3n) is 4.10. The lowest BCUT2D eigenvalue weighted by Crippen LogP contribution is -2.42. The van der Waals surface area contributed by atoms with Crippen molar-refractivity contribution in [3.05, 3.63) is 12.1 Å². The lowest BCUT2D eigenvalue weighted by Gasteiger charge is -2.38. The van der Waals surface area contributed by atoms with E-state index in [1.807, 2.05) is 12.1 Å². The summed E-state index contributed by atoms with van der Waals surface area (Å²) < 4.78 is 5.73. The van der Waals surface area contributed by atoms with E-state index in [-0.39, 0.29) is 0 Å². The SMILES string of the molecule is CC(C)COc1nc(N2CCCC(C)C2C)ccc1N. The number of aromatic nitrogens is 1. The van der Waals surface area contributed by atoms with Crippen molar-refractivity contribution in [3.8, 4) is 5.88 Å². The van der Waals surface area contributed by atoms with Gasteiger partial charge in [0, 0.05) is 12.6 Å². The van der Waals surface area contributed by atoms with Crippen LogP contribution >= 0.6 is 0 Å². The van der Waals surface area contributed by atoms with Gasteiger partial charge in [0.2, 0.25) is 5.88 Å². The van der Waals surface area contributed by atoms with Gasteiger partial charge in [0.05, 0.1) is 12.3 Å². The van der Waals surface area contributed by atoms with Gasteiger partial charge in [-0.25, -0.2) is 0 Å². The van der Waals surface area contributed by atoms with Crippen molar-refractivity contribution >= 4 is 11.5 Å². The van der Waals surface area contributed by atoms with Crippen LogP contribution in [0.25, 0.3) is 0 Å². The van der Waals surface area contributed by atoms with Gasteiger partial charge in [0.25, 0.3) is 0 Å². The molecule has 2 heterocycles. The third-order valence-corrected chi connectivity index (χ3v) is 4.10. The number of hydrogen-bond donors (Lipinski definition) is 1. The van der Waals surface area contributed by atoms with E-state index in [4.69, 9.17) is 10.5 Å². The van der Waals surface area contributed by atoms with Gasteiger partial charge in [-0.15, -0.1) is 0 Å². The number of ether oxygens (including phenoxy) is 1. The van der Waals surface area contributed by atoms with Crippen LogP contribution in [-0.2, 0) is 0 Å². The molecular formula is C16H27N3O. The number of pyridine rings is 1. The summed E-state index contributed by atoms with van der Waals surface area (Å²) in [6.07, 6.45) is 2.52. The number of piperidine rings is 1. The number of nitrogens with two attached hydrogens (primary N) is 1. The van der Waals surface area contributed by atoms with Crippen LogP contribution in [-0.4, -0.2) is 24.2 Å². The van der Waals surface area contributed by atoms with Gasteiger partial charge in [-0.2, -0.15) is 4.98 Å². The molecule has 0 bridgehead atoms. The molecule has 1 aromatic rings. The number of hydrogen-bond acceptors (Lipinski definition) is 4. The smallest absolute Gasteiger partial charge is 0.239 e. The topological polar surface area (TPSA) is 51.4 Å². The average Bonchev–Trinajstić information content (AvgIpc) is 2.41. The highest BCUT2D eigenvalue weighted by Crippen LogP contribution is 2.30. The Hall–Kier alpha value is -1.45. The van der Waals surface area contributed by atoms with Crippen LogP contribution in [0.4, 0.5) is 11.5 Å². The number of anilines is 2. The summed E-state index contributed by atoms with van der Waals surface area (Å²) in [6.45, 7) is 10.5. The Morgan fingerprint density at radius 2 is 2.15 bits per heavy atom. The van der Waals surface area contributed by atoms with Gasteiger partial charge in [0.1, 0.15) is 5.82 Å². The fourth-order valence-corrected chi connectivity index (χ4v) is 2.62. The summed E-state index contributed by atoms with van der Waals surface area (Å²) in [7, 11) is 0. The minimum atomic E-state index is 0.466. The van der Waals surface area contributed by atoms with Crippen LogP contribution < -0.4 is 15.4 Å². The Morgan fingerprint density at radius 1 is 1.40 bits per heavy atom. The maximum Gasteiger partial charge on any atom is 0.239 e. The van der Waals surface area contributed by atoms with Crippen molar-refractivity contribution in [1.82, 2.24) is 4.98 Å². The molecule has 4 nitrogen and oxygen atoms in total. The summed E-state index contributed by atoms with van der Waals surface area (Å²) >= 11 is 0. The summed E-state index contributed by atoms with van der Waals surface area (Å²) in [4.78, 5) is 7.00. The molecule has 2 unspecified atom stereocenters. The first kappa shape index (κ1) is 14.9. The molecule has 1 aliphatic heterocycles. The monoisotopic (exact) mass is 277 g/mol. The second-order valence-corrected chi connectivity index (χ2v) is 6.32. The number of nitrogen functional groups attached to an aromatic ring is 1. The van der Waals surface area contributed by atoms with Gasteiger partial charge < -0.3 is 15.4 Å². The standard InChI is InChI=1S/C16H27N3O/c1-11(2)10-20-16-14(17)7-8-15(18-16)19-9-5-6-12(3)13(19)4/h7-8,11-13H,5-6,9-10,17H2,1-4H3. The molecule has 2 rings (SSSR count). The molecule has 1 saturated heterocycles. The van der Waals surface area contributed by atoms with Gasteiger partial charge >= 0.3 is 0 Å². The highest BCUT2D eigenvalue weighted by molar-refractivity contribution is 5.55. The van der Waals surface area contributed by atoms with E-state index in [2.05, 4.69) is 37.6 Å². The van der Waals surface area contributed by atoms with Crippen molar-refractivity contribution in [2.24, 2.45) is 11.8 Å². The van der Waals surface area contributed by atoms with Crippen molar-refractivity contribution < 1.29 is 4.74 Å². The number of nitrogens with zero attached hydrogens (tertiary/aromatic N) is 2. The van der Waals surface area contributed by atoms with E-state index in [1.165, 1.54) is 12.8 Å². The zero-order valence-electron chi connectivity index (χ0n) is 13.1. The Kier molecular flexibility index (Phi) is 4.73. The van der Waals surface area contributed by atoms with E-state index >= 15 is 0 Å². The predicted octanol–water partition coefficient (Wildman–Crippen LogP) is 3.32. The summed E-state index contributed by atoms with van der Waals surface area (Å²) in [6, 6.07) is 4.42. The van der Waals surface area contributed by atoms with Crippen LogP contribution in [0.15, 0.2) is 12.1 Å². The average molecular weight is 277 g/mol. The summed E-state index contributed by atoms with van der Waals surface area (Å²) in [5, 5.41) is 0. The molecule has 1 fully saturated rings. The van der Waals surface area contributed by atoms with Crippen molar-refractivity contribution in [3.63, 3.8) is 0 Å². The highest BCUT2D eigenvalue weighted by atomic mass is 16.5. The van der Waals surface area contributed by atoms with E-state index < -0.39 is 0 Å². The molecule has 1 aliphatic rings. The fraction of sp³-hybridized carbons (Fsp3) is 0.688. The maximum absolute atomic E-state index is 5.96. The zero-order valence-corrected chi connectivity index (χ0v) is 13.1. The summed E-state index contributed by atoms with van der Waals surface area (Å²) in [5.74, 6) is 2.72. The molecule has 20 heavy (non-hydrogen) atoms. The van der Waals surface area contributed by atoms with Crippen molar-refractivity contribution in [2.75, 3.05) is 23.8 Å². The quantitative estimate of drug-likeness (QED) is 0.917. The molecule has 2 N–H and O–H groups in total. The van der Waals surface area contributed by atoms with Crippen LogP contribution in [0.2, 0.25) is 0 Å². The van der Waals surface area contributed by atoms with Crippen LogP contribution in [0.5, 0.6) is 5.88 Å². The molecule has 0 saturated carbocycles. The lowest BCUT2D eigenvalue weighted by atomic mass is 9.92. The van der Waals surface area contributed by atoms with E-state index in [0.29, 0.717) is 36.1 Å². The predicted molar refractivity (Wildman–Crippen MR) is 84.2 cm³/mol. The molecule has 2 atom stereocenters. The highest BCUT2D eigenvalue weighted by Gasteiger charge is 2.26. The van der Waals surface area contributed by atoms with Crippen molar-refractivity contribution in [1.29, 1.82) is 0 Å². The van der Waals surface area contributed by atoms with Gasteiger partial charge in [-0.1, -0.05) is 20.8 Å². The second-order valence-electron chi connectivity index (χ2n) is 6.32. The Balaban J connectivity index is 2.17. The molecular weight excluding hydrogens is 250 g/mol. The molecule has 4 heteroatoms. The molecule has 0 radical (unpaired) electrons. The summed E-state index contributed by atoms with van der Waals surface area (Å²) in [5.41, 5.74) is 6.58. The van der Waals surface area contributed by atoms with Gasteiger partial charge in [-0.05, 0) is 43.7 Å². The van der Waals surface area contributed by atoms with Gasteiger partial charge in [0.15, 0.2) is 0 Å². The van der Waals surface area contributed by atoms with E-state index in [0.717, 1.165) is 12.4 Å². The molecule has 0 amide bonds. The normalized spacial score (nSPS) is 23.1.